The Hall–Kier alpha value is -3.71. The Morgan fingerprint density at radius 3 is 2.76 bits per heavy atom. The maximum absolute atomic E-state index is 5.51. The molecule has 0 bridgehead atoms. The van der Waals surface area contributed by atoms with E-state index in [0.29, 0.717) is 18.5 Å². The van der Waals surface area contributed by atoms with Gasteiger partial charge in [-0.25, -0.2) is 4.98 Å². The smallest absolute Gasteiger partial charge is 0.210 e. The number of nitrogens with one attached hydrogen (secondary N) is 1. The summed E-state index contributed by atoms with van der Waals surface area (Å²) in [4.78, 5) is 7.25. The molecule has 1 saturated heterocycles. The molecular weight excluding hydrogens is 412 g/mol. The van der Waals surface area contributed by atoms with Crippen molar-refractivity contribution in [2.75, 3.05) is 18.4 Å². The lowest BCUT2D eigenvalue weighted by molar-refractivity contribution is 0.263. The van der Waals surface area contributed by atoms with Crippen molar-refractivity contribution < 1.29 is 4.42 Å². The highest BCUT2D eigenvalue weighted by Gasteiger charge is 2.19. The highest BCUT2D eigenvalue weighted by molar-refractivity contribution is 5.81. The summed E-state index contributed by atoms with van der Waals surface area (Å²) in [5, 5.41) is 13.1. The third kappa shape index (κ3) is 3.64. The van der Waals surface area contributed by atoms with Gasteiger partial charge < -0.3 is 9.73 Å². The zero-order chi connectivity index (χ0) is 22.2. The van der Waals surface area contributed by atoms with E-state index < -0.39 is 0 Å². The fourth-order valence-corrected chi connectivity index (χ4v) is 4.82. The standard InChI is InChI=1S/C26H26N6O/c1-18(31-12-2-3-13-31)19-7-9-20(10-8-19)23-16-28-26(32-17-29-30-25(23)32)27-15-21-5-4-6-24-22(21)11-14-33-24/h4-11,14,16-18H,2-3,12-13,15H2,1H3,(H,27,28). The van der Waals surface area contributed by atoms with E-state index in [1.54, 1.807) is 12.6 Å². The number of likely N-dealkylation sites (tertiary alicyclic amines) is 1. The quantitative estimate of drug-likeness (QED) is 0.388. The van der Waals surface area contributed by atoms with Crippen molar-refractivity contribution in [2.24, 2.45) is 0 Å². The zero-order valence-corrected chi connectivity index (χ0v) is 18.6. The van der Waals surface area contributed by atoms with Crippen LogP contribution in [0, 0.1) is 0 Å². The van der Waals surface area contributed by atoms with Crippen LogP contribution in [-0.4, -0.2) is 37.6 Å². The van der Waals surface area contributed by atoms with Crippen LogP contribution in [-0.2, 0) is 6.54 Å². The van der Waals surface area contributed by atoms with E-state index in [2.05, 4.69) is 57.7 Å². The molecule has 6 rings (SSSR count). The lowest BCUT2D eigenvalue weighted by Crippen LogP contribution is -2.23. The number of fused-ring (bicyclic) bond motifs is 2. The first kappa shape index (κ1) is 19.9. The lowest BCUT2D eigenvalue weighted by atomic mass is 10.0. The average Bonchev–Trinajstić information content (AvgIpc) is 3.63. The summed E-state index contributed by atoms with van der Waals surface area (Å²) in [7, 11) is 0. The second kappa shape index (κ2) is 8.33. The molecule has 1 N–H and O–H groups in total. The first-order chi connectivity index (χ1) is 16.3. The number of rotatable bonds is 6. The molecule has 1 atom stereocenters. The van der Waals surface area contributed by atoms with E-state index in [9.17, 15) is 0 Å². The lowest BCUT2D eigenvalue weighted by Gasteiger charge is -2.24. The fraction of sp³-hybridized carbons (Fsp3) is 0.269. The van der Waals surface area contributed by atoms with Gasteiger partial charge in [0.15, 0.2) is 5.65 Å². The summed E-state index contributed by atoms with van der Waals surface area (Å²) in [5.41, 5.74) is 6.22. The van der Waals surface area contributed by atoms with Gasteiger partial charge in [-0.2, -0.15) is 0 Å². The first-order valence-electron chi connectivity index (χ1n) is 11.5. The summed E-state index contributed by atoms with van der Waals surface area (Å²) < 4.78 is 7.42. The van der Waals surface area contributed by atoms with Crippen molar-refractivity contribution in [3.05, 3.63) is 78.4 Å². The van der Waals surface area contributed by atoms with E-state index in [4.69, 9.17) is 9.40 Å². The van der Waals surface area contributed by atoms with E-state index in [-0.39, 0.29) is 0 Å². The van der Waals surface area contributed by atoms with Crippen molar-refractivity contribution >= 4 is 22.6 Å². The van der Waals surface area contributed by atoms with Gasteiger partial charge in [0.2, 0.25) is 5.95 Å². The number of aromatic nitrogens is 4. The zero-order valence-electron chi connectivity index (χ0n) is 18.6. The Kier molecular flexibility index (Phi) is 5.03. The molecule has 7 nitrogen and oxygen atoms in total. The molecular formula is C26H26N6O. The largest absolute Gasteiger partial charge is 0.464 e. The molecule has 1 aliphatic heterocycles. The molecule has 0 saturated carbocycles. The van der Waals surface area contributed by atoms with Gasteiger partial charge in [-0.1, -0.05) is 36.4 Å². The average molecular weight is 439 g/mol. The SMILES string of the molecule is CC(c1ccc(-c2cnc(NCc3cccc4occc34)n3cnnc23)cc1)N1CCCC1. The molecule has 7 heteroatoms. The van der Waals surface area contributed by atoms with Crippen LogP contribution < -0.4 is 5.32 Å². The van der Waals surface area contributed by atoms with Crippen molar-refractivity contribution in [1.29, 1.82) is 0 Å². The Balaban J connectivity index is 1.26. The molecule has 1 fully saturated rings. The Bertz CT molecular complexity index is 1400. The van der Waals surface area contributed by atoms with Crippen LogP contribution in [0.1, 0.15) is 36.9 Å². The Morgan fingerprint density at radius 1 is 1.06 bits per heavy atom. The topological polar surface area (TPSA) is 71.5 Å². The molecule has 5 aromatic rings. The number of furan rings is 1. The molecule has 3 aromatic heterocycles. The van der Waals surface area contributed by atoms with Crippen LogP contribution >= 0.6 is 0 Å². The minimum absolute atomic E-state index is 0.444. The van der Waals surface area contributed by atoms with Crippen LogP contribution in [0.5, 0.6) is 0 Å². The van der Waals surface area contributed by atoms with Gasteiger partial charge in [-0.3, -0.25) is 9.30 Å². The highest BCUT2D eigenvalue weighted by Crippen LogP contribution is 2.29. The predicted octanol–water partition coefficient (Wildman–Crippen LogP) is 5.31. The fourth-order valence-electron chi connectivity index (χ4n) is 4.82. The van der Waals surface area contributed by atoms with Crippen molar-refractivity contribution in [1.82, 2.24) is 24.5 Å². The molecule has 1 aliphatic rings. The molecule has 0 spiro atoms. The van der Waals surface area contributed by atoms with E-state index in [1.165, 1.54) is 31.5 Å². The number of anilines is 1. The van der Waals surface area contributed by atoms with Gasteiger partial charge in [-0.15, -0.1) is 10.2 Å². The summed E-state index contributed by atoms with van der Waals surface area (Å²) in [6.07, 6.45) is 7.91. The van der Waals surface area contributed by atoms with Crippen LogP contribution in [0.3, 0.4) is 0 Å². The molecule has 0 aliphatic carbocycles. The molecule has 4 heterocycles. The minimum Gasteiger partial charge on any atom is -0.464 e. The number of benzene rings is 2. The highest BCUT2D eigenvalue weighted by atomic mass is 16.3. The molecule has 33 heavy (non-hydrogen) atoms. The molecule has 166 valence electrons. The number of hydrogen-bond donors (Lipinski definition) is 1. The molecule has 0 amide bonds. The summed E-state index contributed by atoms with van der Waals surface area (Å²) in [6.45, 7) is 5.30. The third-order valence-electron chi connectivity index (χ3n) is 6.75. The summed E-state index contributed by atoms with van der Waals surface area (Å²) in [6, 6.07) is 17.3. The molecule has 0 radical (unpaired) electrons. The first-order valence-corrected chi connectivity index (χ1v) is 11.5. The molecule has 1 unspecified atom stereocenters. The molecule has 2 aromatic carbocycles. The third-order valence-corrected chi connectivity index (χ3v) is 6.75. The van der Waals surface area contributed by atoms with Crippen LogP contribution in [0.15, 0.2) is 71.7 Å². The minimum atomic E-state index is 0.444. The predicted molar refractivity (Wildman–Crippen MR) is 129 cm³/mol. The number of hydrogen-bond acceptors (Lipinski definition) is 6. The maximum Gasteiger partial charge on any atom is 0.210 e. The Morgan fingerprint density at radius 2 is 1.91 bits per heavy atom. The van der Waals surface area contributed by atoms with Gasteiger partial charge in [0.1, 0.15) is 11.9 Å². The second-order valence-corrected chi connectivity index (χ2v) is 8.66. The number of nitrogens with zero attached hydrogens (tertiary/aromatic N) is 5. The summed E-state index contributed by atoms with van der Waals surface area (Å²) >= 11 is 0. The summed E-state index contributed by atoms with van der Waals surface area (Å²) in [5.74, 6) is 0.707. The van der Waals surface area contributed by atoms with Gasteiger partial charge in [0.05, 0.1) is 6.26 Å². The van der Waals surface area contributed by atoms with Gasteiger partial charge in [0, 0.05) is 29.7 Å². The normalized spacial score (nSPS) is 15.4. The maximum atomic E-state index is 5.51. The van der Waals surface area contributed by atoms with Crippen LogP contribution in [0.25, 0.3) is 27.7 Å². The van der Waals surface area contributed by atoms with Crippen molar-refractivity contribution in [3.8, 4) is 11.1 Å². The van der Waals surface area contributed by atoms with Crippen molar-refractivity contribution in [2.45, 2.75) is 32.4 Å². The van der Waals surface area contributed by atoms with Gasteiger partial charge in [-0.05, 0) is 61.7 Å². The Labute approximate surface area is 192 Å². The monoisotopic (exact) mass is 438 g/mol. The van der Waals surface area contributed by atoms with Gasteiger partial charge in [0.25, 0.3) is 0 Å². The van der Waals surface area contributed by atoms with Crippen LogP contribution in [0.4, 0.5) is 5.95 Å². The van der Waals surface area contributed by atoms with Crippen molar-refractivity contribution in [3.63, 3.8) is 0 Å². The second-order valence-electron chi connectivity index (χ2n) is 8.66. The van der Waals surface area contributed by atoms with E-state index in [1.807, 2.05) is 28.8 Å². The van der Waals surface area contributed by atoms with E-state index in [0.717, 1.165) is 33.3 Å². The van der Waals surface area contributed by atoms with Crippen LogP contribution in [0.2, 0.25) is 0 Å². The van der Waals surface area contributed by atoms with E-state index >= 15 is 0 Å². The van der Waals surface area contributed by atoms with Gasteiger partial charge >= 0.3 is 0 Å².